The third kappa shape index (κ3) is 15.7. The molecule has 0 unspecified atom stereocenters. The van der Waals surface area contributed by atoms with E-state index in [1.165, 1.54) is 0 Å². The van der Waals surface area contributed by atoms with Crippen LogP contribution in [-0.2, 0) is 65.7 Å². The Hall–Kier alpha value is -8.19. The molecule has 0 saturated heterocycles. The summed E-state index contributed by atoms with van der Waals surface area (Å²) in [5.74, 6) is -5.71. The lowest BCUT2D eigenvalue weighted by atomic mass is 9.89. The zero-order valence-electron chi connectivity index (χ0n) is 39.4. The van der Waals surface area contributed by atoms with Gasteiger partial charge in [0.2, 0.25) is 29.5 Å². The molecule has 0 saturated carbocycles. The van der Waals surface area contributed by atoms with E-state index in [2.05, 4.69) is 26.6 Å². The summed E-state index contributed by atoms with van der Waals surface area (Å²) in [6.45, 7) is 0. The van der Waals surface area contributed by atoms with Gasteiger partial charge in [-0.2, -0.15) is 0 Å². The fourth-order valence-corrected chi connectivity index (χ4v) is 8.64. The van der Waals surface area contributed by atoms with Gasteiger partial charge in [-0.1, -0.05) is 158 Å². The molecule has 6 aromatic carbocycles. The number of aryl methyl sites for hydroxylation is 2. The highest BCUT2D eigenvalue weighted by molar-refractivity contribution is 5.97. The van der Waals surface area contributed by atoms with Crippen LogP contribution in [-0.4, -0.2) is 70.6 Å². The SMILES string of the molecule is O=C1CCC(=O)N[C@H](CCc2ccccc2)C(=O)N[C@@H](Cc2ccc(-c3ccccc3)cc2)C(=O)N[C@H](Cc2ccccc2)C(=O)C[C@H](C(=O)N[C@@H](CCc2ccccc2)C(=O)O)Cc2ccc(cc2)N1. The number of rotatable bonds is 14. The molecular weight excluding hydrogens is 895 g/mol. The Balaban J connectivity index is 1.22. The normalized spacial score (nSPS) is 18.7. The Labute approximate surface area is 413 Å². The number of anilines is 1. The van der Waals surface area contributed by atoms with Crippen LogP contribution in [0.5, 0.6) is 0 Å². The number of carboxylic acid groups (broad SMARTS) is 1. The van der Waals surface area contributed by atoms with E-state index in [0.717, 1.165) is 27.8 Å². The standard InChI is InChI=1S/C58H59N5O8/c64-52-38-46(55(67)61-49(58(70)71)32-26-40-15-7-2-8-16-40)35-42-23-29-47(30-24-42)59-53(65)33-34-54(66)60-48(31-25-39-13-5-1-6-14-39)56(68)63-51(57(69)62-50(52)36-41-17-9-3-10-18-41)37-43-21-27-45(28-22-43)44-19-11-4-12-20-44/h1-24,27-30,46,48-51H,25-26,31-38H2,(H,59,65)(H,60,66)(H,61,67)(H,62,69)(H,63,68)(H,70,71)/t46-,48-,49+,50-,51+/m1/s1. The van der Waals surface area contributed by atoms with Crippen molar-refractivity contribution in [2.24, 2.45) is 5.92 Å². The average molecular weight is 954 g/mol. The summed E-state index contributed by atoms with van der Waals surface area (Å²) in [5, 5.41) is 24.4. The van der Waals surface area contributed by atoms with Gasteiger partial charge in [-0.05, 0) is 89.6 Å². The van der Waals surface area contributed by atoms with E-state index in [0.29, 0.717) is 29.7 Å². The minimum absolute atomic E-state index is 0.0127. The van der Waals surface area contributed by atoms with Gasteiger partial charge in [0, 0.05) is 37.3 Å². The van der Waals surface area contributed by atoms with Gasteiger partial charge in [0.1, 0.15) is 18.1 Å². The first-order chi connectivity index (χ1) is 34.4. The second-order valence-corrected chi connectivity index (χ2v) is 18.0. The maximum Gasteiger partial charge on any atom is 0.326 e. The second kappa shape index (κ2) is 25.4. The van der Waals surface area contributed by atoms with Crippen LogP contribution in [0.25, 0.3) is 11.1 Å². The van der Waals surface area contributed by atoms with Gasteiger partial charge in [0.15, 0.2) is 5.78 Å². The monoisotopic (exact) mass is 953 g/mol. The minimum Gasteiger partial charge on any atom is -0.480 e. The van der Waals surface area contributed by atoms with Crippen LogP contribution in [0.2, 0.25) is 0 Å². The smallest absolute Gasteiger partial charge is 0.326 e. The number of nitrogens with one attached hydrogen (secondary N) is 5. The Morgan fingerprint density at radius 3 is 1.65 bits per heavy atom. The molecule has 6 aromatic rings. The van der Waals surface area contributed by atoms with Crippen molar-refractivity contribution in [2.45, 2.75) is 88.4 Å². The Morgan fingerprint density at radius 2 is 1.03 bits per heavy atom. The summed E-state index contributed by atoms with van der Waals surface area (Å²) >= 11 is 0. The van der Waals surface area contributed by atoms with E-state index in [-0.39, 0.29) is 51.4 Å². The quantitative estimate of drug-likeness (QED) is 0.0629. The number of hydrogen-bond donors (Lipinski definition) is 6. The highest BCUT2D eigenvalue weighted by Crippen LogP contribution is 2.22. The first kappa shape index (κ1) is 50.7. The van der Waals surface area contributed by atoms with Crippen LogP contribution in [0.15, 0.2) is 170 Å². The topological polar surface area (TPSA) is 200 Å². The number of benzene rings is 6. The fourth-order valence-electron chi connectivity index (χ4n) is 8.64. The lowest BCUT2D eigenvalue weighted by Crippen LogP contribution is -2.57. The summed E-state index contributed by atoms with van der Waals surface area (Å²) in [6.07, 6.45) is 0.361. The Kier molecular flexibility index (Phi) is 18.2. The molecule has 8 rings (SSSR count). The molecular formula is C58H59N5O8. The van der Waals surface area contributed by atoms with Crippen molar-refractivity contribution in [3.8, 4) is 11.1 Å². The van der Waals surface area contributed by atoms with Gasteiger partial charge in [0.05, 0.1) is 6.04 Å². The van der Waals surface area contributed by atoms with Crippen molar-refractivity contribution >= 4 is 47.0 Å². The predicted molar refractivity (Wildman–Crippen MR) is 272 cm³/mol. The maximum absolute atomic E-state index is 14.8. The summed E-state index contributed by atoms with van der Waals surface area (Å²) in [7, 11) is 0. The fraction of sp³-hybridized carbons (Fsp3) is 0.259. The molecule has 2 aliphatic heterocycles. The molecule has 364 valence electrons. The summed E-state index contributed by atoms with van der Waals surface area (Å²) < 4.78 is 0. The first-order valence-electron chi connectivity index (χ1n) is 24.1. The zero-order valence-corrected chi connectivity index (χ0v) is 39.4. The maximum atomic E-state index is 14.8. The number of hydrogen-bond acceptors (Lipinski definition) is 7. The molecule has 0 aromatic heterocycles. The molecule has 71 heavy (non-hydrogen) atoms. The molecule has 0 aliphatic carbocycles. The van der Waals surface area contributed by atoms with Crippen molar-refractivity contribution in [3.05, 3.63) is 198 Å². The predicted octanol–water partition coefficient (Wildman–Crippen LogP) is 6.98. The lowest BCUT2D eigenvalue weighted by Gasteiger charge is -2.27. The summed E-state index contributed by atoms with van der Waals surface area (Å²) in [4.78, 5) is 97.7. The molecule has 5 atom stereocenters. The van der Waals surface area contributed by atoms with Crippen molar-refractivity contribution < 1.29 is 38.7 Å². The first-order valence-corrected chi connectivity index (χ1v) is 24.1. The number of Topliss-reactive ketones (excluding diaryl/α,β-unsaturated/α-hetero) is 1. The highest BCUT2D eigenvalue weighted by atomic mass is 16.4. The van der Waals surface area contributed by atoms with Gasteiger partial charge in [0.25, 0.3) is 0 Å². The largest absolute Gasteiger partial charge is 0.480 e. The molecule has 13 nitrogen and oxygen atoms in total. The van der Waals surface area contributed by atoms with Crippen molar-refractivity contribution in [1.29, 1.82) is 0 Å². The molecule has 2 heterocycles. The van der Waals surface area contributed by atoms with Crippen molar-refractivity contribution in [2.75, 3.05) is 5.32 Å². The number of amides is 5. The van der Waals surface area contributed by atoms with Gasteiger partial charge in [-0.15, -0.1) is 0 Å². The van der Waals surface area contributed by atoms with E-state index in [4.69, 9.17) is 0 Å². The molecule has 6 N–H and O–H groups in total. The third-order valence-electron chi connectivity index (χ3n) is 12.6. The number of aliphatic carboxylic acids is 1. The van der Waals surface area contributed by atoms with Gasteiger partial charge in [-0.3, -0.25) is 28.8 Å². The van der Waals surface area contributed by atoms with Crippen LogP contribution in [0.1, 0.15) is 59.9 Å². The minimum atomic E-state index is -1.26. The van der Waals surface area contributed by atoms with Gasteiger partial charge < -0.3 is 31.7 Å². The second-order valence-electron chi connectivity index (χ2n) is 18.0. The number of carbonyl (C=O) groups excluding carboxylic acids is 6. The van der Waals surface area contributed by atoms with Crippen LogP contribution in [0.4, 0.5) is 5.69 Å². The third-order valence-corrected chi connectivity index (χ3v) is 12.6. The Bertz CT molecular complexity index is 2740. The van der Waals surface area contributed by atoms with Crippen molar-refractivity contribution in [1.82, 2.24) is 21.3 Å². The number of carboxylic acids is 1. The highest BCUT2D eigenvalue weighted by Gasteiger charge is 2.34. The number of ketones is 1. The average Bonchev–Trinajstić information content (AvgIpc) is 3.39. The molecule has 13 heteroatoms. The van der Waals surface area contributed by atoms with E-state index < -0.39 is 71.4 Å². The van der Waals surface area contributed by atoms with Gasteiger partial charge >= 0.3 is 5.97 Å². The lowest BCUT2D eigenvalue weighted by molar-refractivity contribution is -0.143. The van der Waals surface area contributed by atoms with E-state index in [9.17, 15) is 38.7 Å². The number of carbonyl (C=O) groups is 7. The molecule has 0 spiro atoms. The van der Waals surface area contributed by atoms with E-state index in [1.807, 2.05) is 146 Å². The van der Waals surface area contributed by atoms with E-state index in [1.54, 1.807) is 24.3 Å². The van der Waals surface area contributed by atoms with Crippen LogP contribution in [0, 0.1) is 5.92 Å². The molecule has 2 bridgehead atoms. The van der Waals surface area contributed by atoms with Crippen LogP contribution < -0.4 is 26.6 Å². The molecule has 2 aliphatic rings. The molecule has 0 fully saturated rings. The van der Waals surface area contributed by atoms with E-state index >= 15 is 0 Å². The number of fused-ring (bicyclic) bond motifs is 18. The van der Waals surface area contributed by atoms with Crippen LogP contribution >= 0.6 is 0 Å². The van der Waals surface area contributed by atoms with Crippen LogP contribution in [0.3, 0.4) is 0 Å². The summed E-state index contributed by atoms with van der Waals surface area (Å²) in [5.41, 5.74) is 6.26. The Morgan fingerprint density at radius 1 is 0.521 bits per heavy atom. The summed E-state index contributed by atoms with van der Waals surface area (Å²) in [6, 6.07) is 47.1. The van der Waals surface area contributed by atoms with Crippen molar-refractivity contribution in [3.63, 3.8) is 0 Å². The molecule has 5 amide bonds. The zero-order chi connectivity index (χ0) is 50.0. The van der Waals surface area contributed by atoms with Gasteiger partial charge in [-0.25, -0.2) is 4.79 Å². The molecule has 0 radical (unpaired) electrons.